The zero-order valence-electron chi connectivity index (χ0n) is 18.6. The molecule has 32 heavy (non-hydrogen) atoms. The molecule has 2 amide bonds. The summed E-state index contributed by atoms with van der Waals surface area (Å²) in [5.41, 5.74) is 0.463. The molecule has 4 rings (SSSR count). The molecule has 172 valence electrons. The van der Waals surface area contributed by atoms with E-state index in [0.717, 1.165) is 31.8 Å². The monoisotopic (exact) mass is 457 g/mol. The molecule has 0 saturated carbocycles. The molecule has 2 fully saturated rings. The molecule has 5 nitrogen and oxygen atoms in total. The summed E-state index contributed by atoms with van der Waals surface area (Å²) in [7, 11) is 0. The Kier molecular flexibility index (Phi) is 7.58. The number of rotatable bonds is 6. The van der Waals surface area contributed by atoms with Gasteiger partial charge in [-0.25, -0.2) is 4.39 Å². The highest BCUT2D eigenvalue weighted by molar-refractivity contribution is 7.10. The van der Waals surface area contributed by atoms with E-state index in [0.29, 0.717) is 25.2 Å². The van der Waals surface area contributed by atoms with E-state index in [9.17, 15) is 14.0 Å². The quantitative estimate of drug-likeness (QED) is 0.703. The summed E-state index contributed by atoms with van der Waals surface area (Å²) < 4.78 is 13.2. The number of likely N-dealkylation sites (tertiary alicyclic amines) is 2. The maximum absolute atomic E-state index is 13.2. The third-order valence-electron chi connectivity index (χ3n) is 6.77. The fourth-order valence-electron chi connectivity index (χ4n) is 4.72. The van der Waals surface area contributed by atoms with Crippen LogP contribution in [0.15, 0.2) is 41.8 Å². The third kappa shape index (κ3) is 5.56. The van der Waals surface area contributed by atoms with Crippen molar-refractivity contribution in [3.8, 4) is 0 Å². The first-order chi connectivity index (χ1) is 15.5. The van der Waals surface area contributed by atoms with Crippen LogP contribution in [-0.4, -0.2) is 54.3 Å². The van der Waals surface area contributed by atoms with E-state index in [1.165, 1.54) is 42.0 Å². The van der Waals surface area contributed by atoms with Crippen LogP contribution in [0.3, 0.4) is 0 Å². The number of piperidine rings is 2. The number of nitrogens with zero attached hydrogens (tertiary/aromatic N) is 2. The fourth-order valence-corrected chi connectivity index (χ4v) is 5.58. The Bertz CT molecular complexity index is 894. The molecule has 0 spiro atoms. The molecule has 2 aromatic rings. The first-order valence-corrected chi connectivity index (χ1v) is 12.5. The molecule has 2 saturated heterocycles. The van der Waals surface area contributed by atoms with Crippen LogP contribution in [-0.2, 0) is 4.79 Å². The van der Waals surface area contributed by atoms with Crippen molar-refractivity contribution >= 4 is 23.2 Å². The predicted molar refractivity (Wildman–Crippen MR) is 125 cm³/mol. The minimum atomic E-state index is -0.360. The summed E-state index contributed by atoms with van der Waals surface area (Å²) >= 11 is 1.74. The van der Waals surface area contributed by atoms with E-state index < -0.39 is 0 Å². The Morgan fingerprint density at radius 2 is 1.88 bits per heavy atom. The summed E-state index contributed by atoms with van der Waals surface area (Å²) in [6.45, 7) is 6.06. The molecule has 1 aromatic heterocycles. The standard InChI is InChI=1S/C25H32FN3O2S/c1-18-10-13-28(14-11-18)22(23-5-3-15-32-23)16-27-24(30)20-4-2-12-29(17-20)25(31)19-6-8-21(26)9-7-19/h3,5-9,15,18,20,22H,2,4,10-14,16-17H2,1H3,(H,27,30). The highest BCUT2D eigenvalue weighted by Gasteiger charge is 2.31. The highest BCUT2D eigenvalue weighted by Crippen LogP contribution is 2.29. The Hall–Kier alpha value is -2.25. The van der Waals surface area contributed by atoms with Crippen molar-refractivity contribution in [2.75, 3.05) is 32.7 Å². The molecule has 7 heteroatoms. The highest BCUT2D eigenvalue weighted by atomic mass is 32.1. The van der Waals surface area contributed by atoms with Crippen molar-refractivity contribution in [2.45, 2.75) is 38.6 Å². The SMILES string of the molecule is CC1CCN(C(CNC(=O)C2CCCN(C(=O)c3ccc(F)cc3)C2)c2cccs2)CC1. The van der Waals surface area contributed by atoms with E-state index in [1.54, 1.807) is 16.2 Å². The van der Waals surface area contributed by atoms with Crippen molar-refractivity contribution in [3.63, 3.8) is 0 Å². The van der Waals surface area contributed by atoms with E-state index in [4.69, 9.17) is 0 Å². The molecule has 1 N–H and O–H groups in total. The largest absolute Gasteiger partial charge is 0.354 e. The molecular formula is C25H32FN3O2S. The van der Waals surface area contributed by atoms with Gasteiger partial charge in [0.05, 0.1) is 12.0 Å². The molecule has 2 atom stereocenters. The van der Waals surface area contributed by atoms with Crippen LogP contribution >= 0.6 is 11.3 Å². The van der Waals surface area contributed by atoms with Gasteiger partial charge in [0, 0.05) is 30.1 Å². The summed E-state index contributed by atoms with van der Waals surface area (Å²) in [4.78, 5) is 31.4. The maximum atomic E-state index is 13.2. The topological polar surface area (TPSA) is 52.7 Å². The average Bonchev–Trinajstić information content (AvgIpc) is 3.35. The second-order valence-corrected chi connectivity index (χ2v) is 10.1. The molecule has 0 radical (unpaired) electrons. The number of halogens is 1. The number of nitrogens with one attached hydrogen (secondary N) is 1. The molecule has 3 heterocycles. The van der Waals surface area contributed by atoms with Crippen molar-refractivity contribution in [3.05, 3.63) is 58.0 Å². The predicted octanol–water partition coefficient (Wildman–Crippen LogP) is 4.33. The minimum absolute atomic E-state index is 0.0218. The first-order valence-electron chi connectivity index (χ1n) is 11.6. The molecule has 0 aliphatic carbocycles. The van der Waals surface area contributed by atoms with Crippen LogP contribution in [0.1, 0.15) is 53.9 Å². The van der Waals surface area contributed by atoms with Crippen LogP contribution in [0, 0.1) is 17.7 Å². The number of thiophene rings is 1. The van der Waals surface area contributed by atoms with E-state index in [2.05, 4.69) is 34.7 Å². The Balaban J connectivity index is 1.35. The second-order valence-electron chi connectivity index (χ2n) is 9.09. The van der Waals surface area contributed by atoms with Gasteiger partial charge in [-0.15, -0.1) is 11.3 Å². The zero-order valence-corrected chi connectivity index (χ0v) is 19.5. The number of hydrogen-bond donors (Lipinski definition) is 1. The Labute approximate surface area is 193 Å². The van der Waals surface area contributed by atoms with Crippen LogP contribution in [0.2, 0.25) is 0 Å². The lowest BCUT2D eigenvalue weighted by Gasteiger charge is -2.37. The summed E-state index contributed by atoms with van der Waals surface area (Å²) in [6.07, 6.45) is 3.96. The number of amides is 2. The second kappa shape index (κ2) is 10.6. The van der Waals surface area contributed by atoms with Gasteiger partial charge in [0.1, 0.15) is 5.82 Å². The van der Waals surface area contributed by atoms with E-state index >= 15 is 0 Å². The number of benzene rings is 1. The number of hydrogen-bond acceptors (Lipinski definition) is 4. The van der Waals surface area contributed by atoms with Gasteiger partial charge in [0.15, 0.2) is 0 Å². The molecular weight excluding hydrogens is 425 g/mol. The summed E-state index contributed by atoms with van der Waals surface area (Å²) in [6, 6.07) is 10.0. The normalized spacial score (nSPS) is 21.3. The van der Waals surface area contributed by atoms with Gasteiger partial charge in [0.25, 0.3) is 5.91 Å². The van der Waals surface area contributed by atoms with Crippen LogP contribution < -0.4 is 5.32 Å². The smallest absolute Gasteiger partial charge is 0.253 e. The van der Waals surface area contributed by atoms with Crippen molar-refractivity contribution < 1.29 is 14.0 Å². The molecule has 1 aromatic carbocycles. The third-order valence-corrected chi connectivity index (χ3v) is 7.74. The molecule has 2 aliphatic rings. The Morgan fingerprint density at radius 3 is 2.56 bits per heavy atom. The Morgan fingerprint density at radius 1 is 1.12 bits per heavy atom. The lowest BCUT2D eigenvalue weighted by Crippen LogP contribution is -2.47. The van der Waals surface area contributed by atoms with Crippen molar-refractivity contribution in [2.24, 2.45) is 11.8 Å². The minimum Gasteiger partial charge on any atom is -0.354 e. The molecule has 0 bridgehead atoms. The van der Waals surface area contributed by atoms with E-state index in [-0.39, 0.29) is 29.6 Å². The zero-order chi connectivity index (χ0) is 22.5. The van der Waals surface area contributed by atoms with Crippen LogP contribution in [0.25, 0.3) is 0 Å². The van der Waals surface area contributed by atoms with Crippen LogP contribution in [0.4, 0.5) is 4.39 Å². The van der Waals surface area contributed by atoms with Gasteiger partial charge >= 0.3 is 0 Å². The maximum Gasteiger partial charge on any atom is 0.253 e. The number of carbonyl (C=O) groups is 2. The van der Waals surface area contributed by atoms with Gasteiger partial charge in [-0.05, 0) is 80.4 Å². The van der Waals surface area contributed by atoms with Crippen LogP contribution in [0.5, 0.6) is 0 Å². The van der Waals surface area contributed by atoms with Gasteiger partial charge in [-0.3, -0.25) is 14.5 Å². The van der Waals surface area contributed by atoms with E-state index in [1.807, 2.05) is 0 Å². The van der Waals surface area contributed by atoms with Gasteiger partial charge < -0.3 is 10.2 Å². The summed E-state index contributed by atoms with van der Waals surface area (Å²) in [5, 5.41) is 5.29. The molecule has 2 aliphatic heterocycles. The lowest BCUT2D eigenvalue weighted by atomic mass is 9.95. The van der Waals surface area contributed by atoms with Crippen molar-refractivity contribution in [1.82, 2.24) is 15.1 Å². The van der Waals surface area contributed by atoms with Crippen molar-refractivity contribution in [1.29, 1.82) is 0 Å². The van der Waals surface area contributed by atoms with Gasteiger partial charge in [-0.1, -0.05) is 13.0 Å². The lowest BCUT2D eigenvalue weighted by molar-refractivity contribution is -0.126. The first kappa shape index (κ1) is 22.9. The van der Waals surface area contributed by atoms with Gasteiger partial charge in [0.2, 0.25) is 5.91 Å². The fraction of sp³-hybridized carbons (Fsp3) is 0.520. The number of carbonyl (C=O) groups excluding carboxylic acids is 2. The average molecular weight is 458 g/mol. The summed E-state index contributed by atoms with van der Waals surface area (Å²) in [5.74, 6) is 0.0750. The molecule has 2 unspecified atom stereocenters. The van der Waals surface area contributed by atoms with Gasteiger partial charge in [-0.2, -0.15) is 0 Å².